The van der Waals surface area contributed by atoms with Crippen LogP contribution in [0, 0.1) is 0 Å². The van der Waals surface area contributed by atoms with Gasteiger partial charge in [0.05, 0.1) is 12.8 Å². The fourth-order valence-corrected chi connectivity index (χ4v) is 2.78. The number of hydrogen-bond acceptors (Lipinski definition) is 3. The first-order valence-electron chi connectivity index (χ1n) is 7.18. The molecule has 3 heteroatoms. The summed E-state index contributed by atoms with van der Waals surface area (Å²) in [6, 6.07) is 12.4. The number of nitrogens with one attached hydrogen (secondary N) is 1. The molecular formula is C17H20N2O. The molecule has 1 atom stereocenters. The van der Waals surface area contributed by atoms with Gasteiger partial charge in [-0.2, -0.15) is 0 Å². The van der Waals surface area contributed by atoms with E-state index in [0.29, 0.717) is 5.92 Å². The molecule has 0 bridgehead atoms. The summed E-state index contributed by atoms with van der Waals surface area (Å²) in [7, 11) is 1.69. The van der Waals surface area contributed by atoms with Gasteiger partial charge in [0.1, 0.15) is 5.75 Å². The van der Waals surface area contributed by atoms with Gasteiger partial charge in [0.2, 0.25) is 0 Å². The van der Waals surface area contributed by atoms with Crippen molar-refractivity contribution >= 4 is 0 Å². The number of pyridine rings is 1. The lowest BCUT2D eigenvalue weighted by atomic mass is 9.91. The van der Waals surface area contributed by atoms with E-state index in [1.54, 1.807) is 7.11 Å². The molecule has 104 valence electrons. The molecule has 0 amide bonds. The number of nitrogens with zero attached hydrogens (tertiary/aromatic N) is 1. The number of piperidine rings is 1. The fourth-order valence-electron chi connectivity index (χ4n) is 2.78. The SMILES string of the molecule is COc1cccc(-c2cc([C@H]3CCCNC3)ccn2)c1. The van der Waals surface area contributed by atoms with Crippen molar-refractivity contribution in [1.82, 2.24) is 10.3 Å². The number of rotatable bonds is 3. The molecule has 3 nitrogen and oxygen atoms in total. The van der Waals surface area contributed by atoms with Crippen molar-refractivity contribution in [3.8, 4) is 17.0 Å². The maximum atomic E-state index is 5.29. The van der Waals surface area contributed by atoms with E-state index >= 15 is 0 Å². The molecule has 1 aliphatic rings. The molecule has 1 N–H and O–H groups in total. The smallest absolute Gasteiger partial charge is 0.119 e. The molecule has 0 spiro atoms. The second-order valence-electron chi connectivity index (χ2n) is 5.25. The maximum absolute atomic E-state index is 5.29. The summed E-state index contributed by atoms with van der Waals surface area (Å²) in [5.41, 5.74) is 3.51. The van der Waals surface area contributed by atoms with E-state index in [1.165, 1.54) is 18.4 Å². The van der Waals surface area contributed by atoms with Gasteiger partial charge in [0, 0.05) is 18.3 Å². The predicted molar refractivity (Wildman–Crippen MR) is 81.1 cm³/mol. The molecule has 2 heterocycles. The number of methoxy groups -OCH3 is 1. The van der Waals surface area contributed by atoms with Crippen LogP contribution in [0.3, 0.4) is 0 Å². The van der Waals surface area contributed by atoms with Crippen LogP contribution in [-0.4, -0.2) is 25.2 Å². The second kappa shape index (κ2) is 6.06. The Labute approximate surface area is 120 Å². The number of aromatic nitrogens is 1. The topological polar surface area (TPSA) is 34.1 Å². The van der Waals surface area contributed by atoms with Crippen LogP contribution in [0.1, 0.15) is 24.3 Å². The molecule has 1 saturated heterocycles. The Morgan fingerprint density at radius 1 is 1.25 bits per heavy atom. The normalized spacial score (nSPS) is 18.8. The molecule has 1 aromatic carbocycles. The van der Waals surface area contributed by atoms with Gasteiger partial charge in [0.15, 0.2) is 0 Å². The molecule has 0 radical (unpaired) electrons. The van der Waals surface area contributed by atoms with E-state index in [1.807, 2.05) is 24.4 Å². The van der Waals surface area contributed by atoms with Crippen molar-refractivity contribution in [2.45, 2.75) is 18.8 Å². The Bertz CT molecular complexity index is 577. The van der Waals surface area contributed by atoms with Crippen LogP contribution in [0.2, 0.25) is 0 Å². The molecule has 2 aromatic rings. The van der Waals surface area contributed by atoms with Gasteiger partial charge in [-0.05, 0) is 55.1 Å². The first kappa shape index (κ1) is 13.1. The van der Waals surface area contributed by atoms with Gasteiger partial charge in [-0.25, -0.2) is 0 Å². The molecule has 1 aromatic heterocycles. The molecule has 1 fully saturated rings. The lowest BCUT2D eigenvalue weighted by Crippen LogP contribution is -2.28. The van der Waals surface area contributed by atoms with Crippen LogP contribution >= 0.6 is 0 Å². The molecule has 0 unspecified atom stereocenters. The highest BCUT2D eigenvalue weighted by molar-refractivity contribution is 5.61. The summed E-state index contributed by atoms with van der Waals surface area (Å²) in [6.07, 6.45) is 4.43. The Balaban J connectivity index is 1.89. The Morgan fingerprint density at radius 3 is 3.00 bits per heavy atom. The summed E-state index contributed by atoms with van der Waals surface area (Å²) in [5, 5.41) is 3.47. The van der Waals surface area contributed by atoms with E-state index in [-0.39, 0.29) is 0 Å². The van der Waals surface area contributed by atoms with E-state index in [2.05, 4.69) is 28.5 Å². The molecule has 3 rings (SSSR count). The van der Waals surface area contributed by atoms with Crippen LogP contribution in [0.15, 0.2) is 42.6 Å². The molecule has 0 aliphatic carbocycles. The summed E-state index contributed by atoms with van der Waals surface area (Å²) < 4.78 is 5.29. The van der Waals surface area contributed by atoms with Gasteiger partial charge < -0.3 is 10.1 Å². The van der Waals surface area contributed by atoms with Crippen molar-refractivity contribution < 1.29 is 4.74 Å². The highest BCUT2D eigenvalue weighted by Crippen LogP contribution is 2.27. The lowest BCUT2D eigenvalue weighted by Gasteiger charge is -2.23. The Morgan fingerprint density at radius 2 is 2.20 bits per heavy atom. The molecule has 0 saturated carbocycles. The third-order valence-electron chi connectivity index (χ3n) is 3.92. The first-order chi connectivity index (χ1) is 9.86. The minimum Gasteiger partial charge on any atom is -0.497 e. The van der Waals surface area contributed by atoms with Gasteiger partial charge in [0.25, 0.3) is 0 Å². The van der Waals surface area contributed by atoms with Crippen molar-refractivity contribution in [2.75, 3.05) is 20.2 Å². The van der Waals surface area contributed by atoms with E-state index in [0.717, 1.165) is 30.1 Å². The van der Waals surface area contributed by atoms with Gasteiger partial charge in [-0.3, -0.25) is 4.98 Å². The maximum Gasteiger partial charge on any atom is 0.119 e. The zero-order valence-electron chi connectivity index (χ0n) is 11.8. The monoisotopic (exact) mass is 268 g/mol. The molecular weight excluding hydrogens is 248 g/mol. The summed E-state index contributed by atoms with van der Waals surface area (Å²) in [6.45, 7) is 2.21. The lowest BCUT2D eigenvalue weighted by molar-refractivity contribution is 0.415. The van der Waals surface area contributed by atoms with Crippen LogP contribution in [0.25, 0.3) is 11.3 Å². The average molecular weight is 268 g/mol. The molecule has 1 aliphatic heterocycles. The van der Waals surface area contributed by atoms with Gasteiger partial charge >= 0.3 is 0 Å². The average Bonchev–Trinajstić information content (AvgIpc) is 2.56. The standard InChI is InChI=1S/C17H20N2O/c1-20-16-6-2-4-14(10-16)17-11-13(7-9-19-17)15-5-3-8-18-12-15/h2,4,6-7,9-11,15,18H,3,5,8,12H2,1H3/t15-/m0/s1. The summed E-state index contributed by atoms with van der Waals surface area (Å²) >= 11 is 0. The van der Waals surface area contributed by atoms with Crippen LogP contribution in [0.5, 0.6) is 5.75 Å². The minimum atomic E-state index is 0.608. The largest absolute Gasteiger partial charge is 0.497 e. The predicted octanol–water partition coefficient (Wildman–Crippen LogP) is 3.22. The second-order valence-corrected chi connectivity index (χ2v) is 5.25. The quantitative estimate of drug-likeness (QED) is 0.928. The van der Waals surface area contributed by atoms with Crippen LogP contribution < -0.4 is 10.1 Å². The third-order valence-corrected chi connectivity index (χ3v) is 3.92. The third kappa shape index (κ3) is 2.83. The van der Waals surface area contributed by atoms with Gasteiger partial charge in [-0.1, -0.05) is 12.1 Å². The summed E-state index contributed by atoms with van der Waals surface area (Å²) in [4.78, 5) is 4.50. The first-order valence-corrected chi connectivity index (χ1v) is 7.18. The molecule has 20 heavy (non-hydrogen) atoms. The van der Waals surface area contributed by atoms with Crippen molar-refractivity contribution in [3.05, 3.63) is 48.2 Å². The van der Waals surface area contributed by atoms with Gasteiger partial charge in [-0.15, -0.1) is 0 Å². The number of benzene rings is 1. The number of hydrogen-bond donors (Lipinski definition) is 1. The Kier molecular flexibility index (Phi) is 3.97. The zero-order chi connectivity index (χ0) is 13.8. The van der Waals surface area contributed by atoms with Crippen molar-refractivity contribution in [3.63, 3.8) is 0 Å². The highest BCUT2D eigenvalue weighted by Gasteiger charge is 2.15. The van der Waals surface area contributed by atoms with Crippen molar-refractivity contribution in [1.29, 1.82) is 0 Å². The zero-order valence-corrected chi connectivity index (χ0v) is 11.8. The van der Waals surface area contributed by atoms with Crippen LogP contribution in [0.4, 0.5) is 0 Å². The fraction of sp³-hybridized carbons (Fsp3) is 0.353. The highest BCUT2D eigenvalue weighted by atomic mass is 16.5. The summed E-state index contributed by atoms with van der Waals surface area (Å²) in [5.74, 6) is 1.48. The number of ether oxygens (including phenoxy) is 1. The minimum absolute atomic E-state index is 0.608. The van der Waals surface area contributed by atoms with E-state index in [4.69, 9.17) is 4.74 Å². The van der Waals surface area contributed by atoms with Crippen LogP contribution in [-0.2, 0) is 0 Å². The van der Waals surface area contributed by atoms with E-state index in [9.17, 15) is 0 Å². The van der Waals surface area contributed by atoms with Crippen molar-refractivity contribution in [2.24, 2.45) is 0 Å². The Hall–Kier alpha value is -1.87. The van der Waals surface area contributed by atoms with E-state index < -0.39 is 0 Å².